The summed E-state index contributed by atoms with van der Waals surface area (Å²) in [6.45, 7) is 3.74. The summed E-state index contributed by atoms with van der Waals surface area (Å²) in [5, 5.41) is 9.19. The monoisotopic (exact) mass is 225 g/mol. The Labute approximate surface area is 95.9 Å². The van der Waals surface area contributed by atoms with Gasteiger partial charge >= 0.3 is 5.97 Å². The highest BCUT2D eigenvalue weighted by Gasteiger charge is 2.31. The lowest BCUT2D eigenvalue weighted by Crippen LogP contribution is -2.31. The Balaban J connectivity index is 3.03. The van der Waals surface area contributed by atoms with Crippen molar-refractivity contribution in [3.63, 3.8) is 0 Å². The van der Waals surface area contributed by atoms with Crippen molar-refractivity contribution in [1.29, 1.82) is 0 Å². The quantitative estimate of drug-likeness (QED) is 0.835. The van der Waals surface area contributed by atoms with Gasteiger partial charge in [0.1, 0.15) is 11.5 Å². The van der Waals surface area contributed by atoms with E-state index in [-0.39, 0.29) is 6.04 Å². The minimum atomic E-state index is -0.782. The molecule has 0 bridgehead atoms. The highest BCUT2D eigenvalue weighted by molar-refractivity contribution is 5.71. The van der Waals surface area contributed by atoms with Crippen molar-refractivity contribution in [3.05, 3.63) is 23.7 Å². The zero-order valence-electron chi connectivity index (χ0n) is 10.2. The van der Waals surface area contributed by atoms with E-state index >= 15 is 0 Å². The van der Waals surface area contributed by atoms with Crippen LogP contribution in [-0.4, -0.2) is 30.1 Å². The molecular weight excluding hydrogens is 206 g/mol. The van der Waals surface area contributed by atoms with Gasteiger partial charge in [-0.1, -0.05) is 6.92 Å². The van der Waals surface area contributed by atoms with E-state index in [9.17, 15) is 9.90 Å². The van der Waals surface area contributed by atoms with Gasteiger partial charge in [-0.05, 0) is 39.6 Å². The average molecular weight is 225 g/mol. The summed E-state index contributed by atoms with van der Waals surface area (Å²) in [5.41, 5.74) is 0. The van der Waals surface area contributed by atoms with Gasteiger partial charge in [0.05, 0.1) is 12.0 Å². The van der Waals surface area contributed by atoms with Crippen LogP contribution in [0, 0.1) is 12.8 Å². The summed E-state index contributed by atoms with van der Waals surface area (Å²) in [6, 6.07) is 3.50. The van der Waals surface area contributed by atoms with Crippen LogP contribution in [0.1, 0.15) is 30.9 Å². The SMILES string of the molecule is CCC(C(=O)O)C(c1ccc(C)o1)N(C)C. The van der Waals surface area contributed by atoms with Crippen molar-refractivity contribution in [2.45, 2.75) is 26.3 Å². The molecule has 4 heteroatoms. The molecule has 1 rings (SSSR count). The van der Waals surface area contributed by atoms with Crippen LogP contribution >= 0.6 is 0 Å². The van der Waals surface area contributed by atoms with E-state index in [2.05, 4.69) is 0 Å². The Hall–Kier alpha value is -1.29. The fraction of sp³-hybridized carbons (Fsp3) is 0.583. The summed E-state index contributed by atoms with van der Waals surface area (Å²) in [4.78, 5) is 13.1. The summed E-state index contributed by atoms with van der Waals surface area (Å²) in [7, 11) is 3.74. The van der Waals surface area contributed by atoms with E-state index < -0.39 is 11.9 Å². The lowest BCUT2D eigenvalue weighted by molar-refractivity contribution is -0.144. The third kappa shape index (κ3) is 2.64. The van der Waals surface area contributed by atoms with Crippen LogP contribution < -0.4 is 0 Å². The minimum Gasteiger partial charge on any atom is -0.481 e. The fourth-order valence-electron chi connectivity index (χ4n) is 1.96. The zero-order valence-corrected chi connectivity index (χ0v) is 10.2. The molecule has 2 unspecified atom stereocenters. The molecule has 0 saturated heterocycles. The molecule has 0 radical (unpaired) electrons. The maximum Gasteiger partial charge on any atom is 0.308 e. The van der Waals surface area contributed by atoms with Crippen molar-refractivity contribution in [2.75, 3.05) is 14.1 Å². The molecule has 1 N–H and O–H groups in total. The van der Waals surface area contributed by atoms with Gasteiger partial charge < -0.3 is 9.52 Å². The van der Waals surface area contributed by atoms with Gasteiger partial charge in [0, 0.05) is 0 Å². The fourth-order valence-corrected chi connectivity index (χ4v) is 1.96. The molecule has 4 nitrogen and oxygen atoms in total. The summed E-state index contributed by atoms with van der Waals surface area (Å²) in [5.74, 6) is 0.301. The first-order valence-electron chi connectivity index (χ1n) is 5.43. The normalized spacial score (nSPS) is 15.1. The number of carboxylic acid groups (broad SMARTS) is 1. The molecule has 0 saturated carbocycles. The number of carbonyl (C=O) groups is 1. The van der Waals surface area contributed by atoms with Crippen molar-refractivity contribution < 1.29 is 14.3 Å². The number of furan rings is 1. The number of hydrogen-bond acceptors (Lipinski definition) is 3. The van der Waals surface area contributed by atoms with E-state index in [4.69, 9.17) is 4.42 Å². The second-order valence-electron chi connectivity index (χ2n) is 4.21. The smallest absolute Gasteiger partial charge is 0.308 e. The average Bonchev–Trinajstić information content (AvgIpc) is 2.59. The first-order valence-corrected chi connectivity index (χ1v) is 5.43. The van der Waals surface area contributed by atoms with E-state index in [1.165, 1.54) is 0 Å². The van der Waals surface area contributed by atoms with Crippen LogP contribution in [0.5, 0.6) is 0 Å². The molecule has 16 heavy (non-hydrogen) atoms. The third-order valence-electron chi connectivity index (χ3n) is 2.75. The molecule has 0 fully saturated rings. The number of rotatable bonds is 5. The molecule has 0 amide bonds. The van der Waals surface area contributed by atoms with E-state index in [1.807, 2.05) is 45.0 Å². The van der Waals surface area contributed by atoms with Crippen LogP contribution in [0.4, 0.5) is 0 Å². The molecule has 2 atom stereocenters. The lowest BCUT2D eigenvalue weighted by Gasteiger charge is -2.27. The molecule has 1 aromatic heterocycles. The van der Waals surface area contributed by atoms with Crippen LogP contribution in [0.15, 0.2) is 16.5 Å². The Kier molecular flexibility index (Phi) is 4.12. The minimum absolute atomic E-state index is 0.212. The van der Waals surface area contributed by atoms with Gasteiger partial charge in [0.2, 0.25) is 0 Å². The Morgan fingerprint density at radius 3 is 2.44 bits per heavy atom. The van der Waals surface area contributed by atoms with Gasteiger partial charge in [0.15, 0.2) is 0 Å². The van der Waals surface area contributed by atoms with Gasteiger partial charge in [-0.2, -0.15) is 0 Å². The highest BCUT2D eigenvalue weighted by atomic mass is 16.4. The molecule has 0 aromatic carbocycles. The molecule has 0 aliphatic rings. The summed E-state index contributed by atoms with van der Waals surface area (Å²) < 4.78 is 5.53. The second-order valence-corrected chi connectivity index (χ2v) is 4.21. The van der Waals surface area contributed by atoms with Gasteiger partial charge in [-0.3, -0.25) is 9.69 Å². The Morgan fingerprint density at radius 2 is 2.12 bits per heavy atom. The molecule has 0 aliphatic carbocycles. The van der Waals surface area contributed by atoms with Crippen molar-refractivity contribution in [3.8, 4) is 0 Å². The third-order valence-corrected chi connectivity index (χ3v) is 2.75. The van der Waals surface area contributed by atoms with Crippen LogP contribution in [0.2, 0.25) is 0 Å². The Bertz CT molecular complexity index is 357. The molecular formula is C12H19NO3. The van der Waals surface area contributed by atoms with Gasteiger partial charge in [0.25, 0.3) is 0 Å². The van der Waals surface area contributed by atoms with Crippen LogP contribution in [0.3, 0.4) is 0 Å². The number of aliphatic carboxylic acids is 1. The summed E-state index contributed by atoms with van der Waals surface area (Å²) >= 11 is 0. The number of hydrogen-bond donors (Lipinski definition) is 1. The van der Waals surface area contributed by atoms with E-state index in [1.54, 1.807) is 0 Å². The van der Waals surface area contributed by atoms with Gasteiger partial charge in [-0.15, -0.1) is 0 Å². The number of carboxylic acids is 1. The van der Waals surface area contributed by atoms with Crippen LogP contribution in [0.25, 0.3) is 0 Å². The molecule has 90 valence electrons. The first-order chi connectivity index (χ1) is 7.47. The highest BCUT2D eigenvalue weighted by Crippen LogP contribution is 2.30. The van der Waals surface area contributed by atoms with Crippen LogP contribution in [-0.2, 0) is 4.79 Å². The summed E-state index contributed by atoms with van der Waals surface area (Å²) in [6.07, 6.45) is 0.581. The standard InChI is InChI=1S/C12H19NO3/c1-5-9(12(14)15)11(13(3)4)10-7-6-8(2)16-10/h6-7,9,11H,5H2,1-4H3,(H,14,15). The Morgan fingerprint density at radius 1 is 1.50 bits per heavy atom. The maximum absolute atomic E-state index is 11.2. The molecule has 1 heterocycles. The maximum atomic E-state index is 11.2. The largest absolute Gasteiger partial charge is 0.481 e. The van der Waals surface area contributed by atoms with Gasteiger partial charge in [-0.25, -0.2) is 0 Å². The van der Waals surface area contributed by atoms with Crippen molar-refractivity contribution >= 4 is 5.97 Å². The molecule has 1 aromatic rings. The second kappa shape index (κ2) is 5.16. The molecule has 0 spiro atoms. The van der Waals surface area contributed by atoms with Crippen molar-refractivity contribution in [2.24, 2.45) is 5.92 Å². The van der Waals surface area contributed by atoms with E-state index in [0.717, 1.165) is 11.5 Å². The predicted molar refractivity (Wildman–Crippen MR) is 61.3 cm³/mol. The molecule has 0 aliphatic heterocycles. The number of nitrogens with zero attached hydrogens (tertiary/aromatic N) is 1. The predicted octanol–water partition coefficient (Wildman–Crippen LogP) is 2.30. The first kappa shape index (κ1) is 12.8. The van der Waals surface area contributed by atoms with Crippen molar-refractivity contribution in [1.82, 2.24) is 4.90 Å². The lowest BCUT2D eigenvalue weighted by atomic mass is 9.94. The van der Waals surface area contributed by atoms with E-state index in [0.29, 0.717) is 6.42 Å². The topological polar surface area (TPSA) is 53.7 Å². The number of aryl methyl sites for hydroxylation is 1. The zero-order chi connectivity index (χ0) is 12.3.